The van der Waals surface area contributed by atoms with Crippen LogP contribution in [0.4, 0.5) is 11.5 Å². The predicted octanol–water partition coefficient (Wildman–Crippen LogP) is 3.08. The lowest BCUT2D eigenvalue weighted by Gasteiger charge is -2.17. The number of halogens is 1. The smallest absolute Gasteiger partial charge is 0.234 e. The zero-order chi connectivity index (χ0) is 14.7. The van der Waals surface area contributed by atoms with Gasteiger partial charge in [-0.1, -0.05) is 11.6 Å². The number of anilines is 2. The second-order valence-corrected chi connectivity index (χ2v) is 6.19. The van der Waals surface area contributed by atoms with Gasteiger partial charge in [0.1, 0.15) is 11.5 Å². The molecule has 7 heteroatoms. The highest BCUT2D eigenvalue weighted by molar-refractivity contribution is 8.00. The van der Waals surface area contributed by atoms with Crippen LogP contribution in [0.5, 0.6) is 0 Å². The number of rotatable bonds is 4. The van der Waals surface area contributed by atoms with E-state index in [0.717, 1.165) is 35.9 Å². The van der Waals surface area contributed by atoms with Crippen LogP contribution in [0.25, 0.3) is 0 Å². The van der Waals surface area contributed by atoms with Gasteiger partial charge in [-0.2, -0.15) is 5.10 Å². The van der Waals surface area contributed by atoms with Crippen molar-refractivity contribution < 1.29 is 4.79 Å². The summed E-state index contributed by atoms with van der Waals surface area (Å²) >= 11 is 7.31. The lowest BCUT2D eigenvalue weighted by atomic mass is 10.3. The molecule has 0 saturated carbocycles. The van der Waals surface area contributed by atoms with Gasteiger partial charge in [-0.3, -0.25) is 4.79 Å². The zero-order valence-electron chi connectivity index (χ0n) is 11.3. The van der Waals surface area contributed by atoms with Gasteiger partial charge < -0.3 is 10.6 Å². The van der Waals surface area contributed by atoms with Crippen LogP contribution in [-0.2, 0) is 11.3 Å². The number of benzene rings is 1. The van der Waals surface area contributed by atoms with Gasteiger partial charge in [-0.25, -0.2) is 4.68 Å². The first-order chi connectivity index (χ1) is 10.2. The first kappa shape index (κ1) is 14.3. The van der Waals surface area contributed by atoms with Gasteiger partial charge >= 0.3 is 0 Å². The van der Waals surface area contributed by atoms with Crippen LogP contribution in [0.2, 0.25) is 5.02 Å². The maximum absolute atomic E-state index is 12.0. The van der Waals surface area contributed by atoms with E-state index in [1.165, 1.54) is 11.8 Å². The lowest BCUT2D eigenvalue weighted by molar-refractivity contribution is -0.113. The minimum atomic E-state index is -0.0434. The molecule has 1 aromatic heterocycles. The summed E-state index contributed by atoms with van der Waals surface area (Å²) in [6.07, 6.45) is 2.74. The standard InChI is InChI=1S/C14H15ClN4OS/c15-10-2-4-11(5-3-10)21-9-13(20)18-12-8-17-19-7-1-6-16-14(12)19/h2-5,8,16H,1,6-7,9H2,(H,18,20). The number of aryl methyl sites for hydroxylation is 1. The zero-order valence-corrected chi connectivity index (χ0v) is 12.9. The minimum absolute atomic E-state index is 0.0434. The van der Waals surface area contributed by atoms with Crippen LogP contribution in [0, 0.1) is 0 Å². The van der Waals surface area contributed by atoms with Crippen molar-refractivity contribution in [2.24, 2.45) is 0 Å². The van der Waals surface area contributed by atoms with Crippen LogP contribution in [-0.4, -0.2) is 28.0 Å². The average molecular weight is 323 g/mol. The summed E-state index contributed by atoms with van der Waals surface area (Å²) in [4.78, 5) is 13.0. The minimum Gasteiger partial charge on any atom is -0.368 e. The molecule has 1 amide bonds. The normalized spacial score (nSPS) is 13.4. The molecule has 0 bridgehead atoms. The fourth-order valence-electron chi connectivity index (χ4n) is 2.13. The quantitative estimate of drug-likeness (QED) is 0.849. The summed E-state index contributed by atoms with van der Waals surface area (Å²) in [5, 5.41) is 11.1. The van der Waals surface area contributed by atoms with Gasteiger partial charge in [0, 0.05) is 23.0 Å². The Morgan fingerprint density at radius 1 is 1.43 bits per heavy atom. The fourth-order valence-corrected chi connectivity index (χ4v) is 2.96. The van der Waals surface area contributed by atoms with Crippen LogP contribution in [0.15, 0.2) is 35.4 Å². The van der Waals surface area contributed by atoms with E-state index in [2.05, 4.69) is 15.7 Å². The number of nitrogens with one attached hydrogen (secondary N) is 2. The Bertz CT molecular complexity index is 641. The molecule has 1 aromatic carbocycles. The fraction of sp³-hybridized carbons (Fsp3) is 0.286. The molecule has 0 radical (unpaired) electrons. The molecule has 1 aliphatic heterocycles. The Labute approximate surface area is 132 Å². The molecule has 3 rings (SSSR count). The number of fused-ring (bicyclic) bond motifs is 1. The molecule has 0 spiro atoms. The van der Waals surface area contributed by atoms with Crippen molar-refractivity contribution >= 4 is 40.8 Å². The van der Waals surface area contributed by atoms with Crippen LogP contribution >= 0.6 is 23.4 Å². The van der Waals surface area contributed by atoms with Crippen LogP contribution < -0.4 is 10.6 Å². The van der Waals surface area contributed by atoms with Gasteiger partial charge in [0.25, 0.3) is 0 Å². The topological polar surface area (TPSA) is 59.0 Å². The number of aromatic nitrogens is 2. The molecule has 2 aromatic rings. The summed E-state index contributed by atoms with van der Waals surface area (Å²) in [5.41, 5.74) is 0.747. The van der Waals surface area contributed by atoms with Gasteiger partial charge in [0.15, 0.2) is 0 Å². The highest BCUT2D eigenvalue weighted by atomic mass is 35.5. The van der Waals surface area contributed by atoms with Crippen LogP contribution in [0.3, 0.4) is 0 Å². The Hall–Kier alpha value is -1.66. The van der Waals surface area contributed by atoms with E-state index in [1.54, 1.807) is 6.20 Å². The molecule has 1 aliphatic rings. The summed E-state index contributed by atoms with van der Waals surface area (Å²) < 4.78 is 1.88. The van der Waals surface area contributed by atoms with E-state index < -0.39 is 0 Å². The highest BCUT2D eigenvalue weighted by Gasteiger charge is 2.15. The van der Waals surface area contributed by atoms with E-state index in [1.807, 2.05) is 28.9 Å². The number of thioether (sulfide) groups is 1. The number of carbonyl (C=O) groups is 1. The number of hydrogen-bond donors (Lipinski definition) is 2. The molecule has 0 atom stereocenters. The molecular weight excluding hydrogens is 308 g/mol. The molecule has 0 fully saturated rings. The largest absolute Gasteiger partial charge is 0.368 e. The number of hydrogen-bond acceptors (Lipinski definition) is 4. The van der Waals surface area contributed by atoms with Crippen molar-refractivity contribution in [2.75, 3.05) is 22.9 Å². The number of nitrogens with zero attached hydrogens (tertiary/aromatic N) is 2. The predicted molar refractivity (Wildman–Crippen MR) is 86.1 cm³/mol. The third-order valence-corrected chi connectivity index (χ3v) is 4.40. The van der Waals surface area contributed by atoms with Gasteiger partial charge in [0.2, 0.25) is 5.91 Å². The maximum atomic E-state index is 12.0. The van der Waals surface area contributed by atoms with Crippen molar-refractivity contribution in [3.05, 3.63) is 35.5 Å². The summed E-state index contributed by atoms with van der Waals surface area (Å²) in [6, 6.07) is 7.45. The summed E-state index contributed by atoms with van der Waals surface area (Å²) in [6.45, 7) is 1.80. The molecule has 0 saturated heterocycles. The SMILES string of the molecule is O=C(CSc1ccc(Cl)cc1)Nc1cnn2c1NCCC2. The van der Waals surface area contributed by atoms with Gasteiger partial charge in [-0.15, -0.1) is 11.8 Å². The maximum Gasteiger partial charge on any atom is 0.234 e. The molecule has 2 heterocycles. The number of amides is 1. The Kier molecular flexibility index (Phi) is 4.36. The highest BCUT2D eigenvalue weighted by Crippen LogP contribution is 2.25. The molecule has 21 heavy (non-hydrogen) atoms. The first-order valence-electron chi connectivity index (χ1n) is 6.70. The second-order valence-electron chi connectivity index (χ2n) is 4.70. The summed E-state index contributed by atoms with van der Waals surface area (Å²) in [5.74, 6) is 1.20. The third-order valence-electron chi connectivity index (χ3n) is 3.14. The number of carbonyl (C=O) groups excluding carboxylic acids is 1. The van der Waals surface area contributed by atoms with E-state index in [4.69, 9.17) is 11.6 Å². The third kappa shape index (κ3) is 3.51. The van der Waals surface area contributed by atoms with E-state index in [0.29, 0.717) is 10.8 Å². The second kappa shape index (κ2) is 6.41. The Morgan fingerprint density at radius 2 is 2.24 bits per heavy atom. The average Bonchev–Trinajstić information content (AvgIpc) is 2.90. The Morgan fingerprint density at radius 3 is 3.05 bits per heavy atom. The molecule has 0 unspecified atom stereocenters. The first-order valence-corrected chi connectivity index (χ1v) is 8.06. The van der Waals surface area contributed by atoms with Crippen molar-refractivity contribution in [1.29, 1.82) is 0 Å². The van der Waals surface area contributed by atoms with Crippen LogP contribution in [0.1, 0.15) is 6.42 Å². The molecule has 0 aliphatic carbocycles. The Balaban J connectivity index is 1.57. The van der Waals surface area contributed by atoms with E-state index >= 15 is 0 Å². The van der Waals surface area contributed by atoms with Gasteiger partial charge in [0.05, 0.1) is 11.9 Å². The van der Waals surface area contributed by atoms with Crippen molar-refractivity contribution in [1.82, 2.24) is 9.78 Å². The van der Waals surface area contributed by atoms with Crippen molar-refractivity contribution in [2.45, 2.75) is 17.9 Å². The molecule has 2 N–H and O–H groups in total. The lowest BCUT2D eigenvalue weighted by Crippen LogP contribution is -2.20. The molecular formula is C14H15ClN4OS. The molecule has 5 nitrogen and oxygen atoms in total. The monoisotopic (exact) mass is 322 g/mol. The van der Waals surface area contributed by atoms with Gasteiger partial charge in [-0.05, 0) is 30.7 Å². The van der Waals surface area contributed by atoms with Crippen molar-refractivity contribution in [3.63, 3.8) is 0 Å². The molecule has 110 valence electrons. The summed E-state index contributed by atoms with van der Waals surface area (Å²) in [7, 11) is 0. The van der Waals surface area contributed by atoms with Crippen molar-refractivity contribution in [3.8, 4) is 0 Å². The van der Waals surface area contributed by atoms with E-state index in [9.17, 15) is 4.79 Å². The van der Waals surface area contributed by atoms with E-state index in [-0.39, 0.29) is 5.91 Å².